The molecule has 16 heavy (non-hydrogen) atoms. The van der Waals surface area contributed by atoms with Crippen molar-refractivity contribution in [3.05, 3.63) is 54.1 Å². The van der Waals surface area contributed by atoms with Gasteiger partial charge in [0.2, 0.25) is 0 Å². The number of hydrogen-bond acceptors (Lipinski definition) is 1. The lowest BCUT2D eigenvalue weighted by atomic mass is 10.1. The molecular formula is C14H12ClN. The monoisotopic (exact) mass is 229 g/mol. The topological polar surface area (TPSA) is 12.9 Å². The van der Waals surface area contributed by atoms with E-state index in [0.717, 1.165) is 11.0 Å². The lowest BCUT2D eigenvalue weighted by Gasteiger charge is -2.03. The lowest BCUT2D eigenvalue weighted by molar-refractivity contribution is 1.42. The first kappa shape index (κ1) is 10.9. The van der Waals surface area contributed by atoms with Crippen LogP contribution < -0.4 is 0 Å². The summed E-state index contributed by atoms with van der Waals surface area (Å²) in [7, 11) is 0. The Morgan fingerprint density at radius 3 is 2.50 bits per heavy atom. The summed E-state index contributed by atoms with van der Waals surface area (Å²) in [6.07, 6.45) is 0. The lowest BCUT2D eigenvalue weighted by Crippen LogP contribution is -1.84. The van der Waals surface area contributed by atoms with Gasteiger partial charge in [0.25, 0.3) is 0 Å². The van der Waals surface area contributed by atoms with E-state index in [1.807, 2.05) is 12.1 Å². The number of benzene rings is 2. The van der Waals surface area contributed by atoms with Gasteiger partial charge in [-0.15, -0.1) is 12.4 Å². The molecule has 0 bridgehead atoms. The zero-order valence-corrected chi connectivity index (χ0v) is 9.79. The van der Waals surface area contributed by atoms with Crippen LogP contribution in [-0.2, 0) is 0 Å². The van der Waals surface area contributed by atoms with Gasteiger partial charge in [-0.3, -0.25) is 0 Å². The molecule has 1 aromatic heterocycles. The molecule has 0 saturated carbocycles. The van der Waals surface area contributed by atoms with Crippen LogP contribution in [0.5, 0.6) is 0 Å². The van der Waals surface area contributed by atoms with Gasteiger partial charge in [-0.1, -0.05) is 36.4 Å². The number of pyridine rings is 1. The number of hydrogen-bond donors (Lipinski definition) is 0. The van der Waals surface area contributed by atoms with E-state index in [-0.39, 0.29) is 12.4 Å². The third kappa shape index (κ3) is 1.63. The van der Waals surface area contributed by atoms with E-state index in [1.165, 1.54) is 16.3 Å². The Labute approximate surface area is 101 Å². The molecule has 0 aliphatic heterocycles. The molecule has 2 aromatic carbocycles. The van der Waals surface area contributed by atoms with E-state index in [0.29, 0.717) is 0 Å². The smallest absolute Gasteiger partial charge is 0.0738 e. The molecule has 0 radical (unpaired) electrons. The molecule has 0 fully saturated rings. The molecule has 0 amide bonds. The predicted molar refractivity (Wildman–Crippen MR) is 71.2 cm³/mol. The minimum atomic E-state index is 0. The fraction of sp³-hybridized carbons (Fsp3) is 0.0714. The van der Waals surface area contributed by atoms with Crippen molar-refractivity contribution in [2.75, 3.05) is 0 Å². The molecule has 0 N–H and O–H groups in total. The molecule has 0 aliphatic rings. The maximum absolute atomic E-state index is 4.68. The second-order valence-electron chi connectivity index (χ2n) is 3.83. The van der Waals surface area contributed by atoms with Crippen molar-refractivity contribution in [2.24, 2.45) is 0 Å². The van der Waals surface area contributed by atoms with Crippen molar-refractivity contribution in [1.29, 1.82) is 0 Å². The zero-order chi connectivity index (χ0) is 10.3. The van der Waals surface area contributed by atoms with E-state index in [1.54, 1.807) is 0 Å². The third-order valence-corrected chi connectivity index (χ3v) is 2.75. The Balaban J connectivity index is 0.000000963. The van der Waals surface area contributed by atoms with E-state index < -0.39 is 0 Å². The van der Waals surface area contributed by atoms with E-state index in [9.17, 15) is 0 Å². The molecule has 1 heterocycles. The van der Waals surface area contributed by atoms with E-state index in [4.69, 9.17) is 0 Å². The largest absolute Gasteiger partial charge is 0.248 e. The van der Waals surface area contributed by atoms with Crippen molar-refractivity contribution in [1.82, 2.24) is 4.98 Å². The molecule has 2 heteroatoms. The van der Waals surface area contributed by atoms with Crippen LogP contribution in [0, 0.1) is 6.92 Å². The van der Waals surface area contributed by atoms with Crippen molar-refractivity contribution in [3.63, 3.8) is 0 Å². The third-order valence-electron chi connectivity index (χ3n) is 2.75. The summed E-state index contributed by atoms with van der Waals surface area (Å²) in [6, 6.07) is 16.7. The van der Waals surface area contributed by atoms with Gasteiger partial charge in [0.05, 0.1) is 11.0 Å². The summed E-state index contributed by atoms with van der Waals surface area (Å²) in [5, 5.41) is 2.42. The van der Waals surface area contributed by atoms with Gasteiger partial charge in [0.1, 0.15) is 0 Å². The summed E-state index contributed by atoms with van der Waals surface area (Å²) in [5.74, 6) is 0. The number of rotatable bonds is 0. The molecule has 1 nitrogen and oxygen atoms in total. The van der Waals surface area contributed by atoms with Crippen LogP contribution in [0.25, 0.3) is 21.8 Å². The van der Waals surface area contributed by atoms with Crippen LogP contribution in [0.1, 0.15) is 5.56 Å². The van der Waals surface area contributed by atoms with Crippen LogP contribution >= 0.6 is 12.4 Å². The highest BCUT2D eigenvalue weighted by molar-refractivity contribution is 5.93. The summed E-state index contributed by atoms with van der Waals surface area (Å²) < 4.78 is 0. The number of fused-ring (bicyclic) bond motifs is 2. The minimum Gasteiger partial charge on any atom is -0.248 e. The maximum Gasteiger partial charge on any atom is 0.0738 e. The molecule has 0 unspecified atom stereocenters. The zero-order valence-electron chi connectivity index (χ0n) is 8.97. The van der Waals surface area contributed by atoms with Crippen molar-refractivity contribution < 1.29 is 0 Å². The van der Waals surface area contributed by atoms with Gasteiger partial charge in [-0.05, 0) is 24.6 Å². The van der Waals surface area contributed by atoms with Crippen molar-refractivity contribution in [2.45, 2.75) is 6.92 Å². The van der Waals surface area contributed by atoms with E-state index in [2.05, 4.69) is 48.3 Å². The molecule has 0 aliphatic carbocycles. The highest BCUT2D eigenvalue weighted by Crippen LogP contribution is 2.21. The summed E-state index contributed by atoms with van der Waals surface area (Å²) in [5.41, 5.74) is 3.41. The van der Waals surface area contributed by atoms with Gasteiger partial charge in [0, 0.05) is 10.8 Å². The Morgan fingerprint density at radius 2 is 1.62 bits per heavy atom. The number of aromatic nitrogens is 1. The SMILES string of the molecule is Cc1cccc2cc3ccccc3nc12.Cl. The molecule has 3 rings (SSSR count). The highest BCUT2D eigenvalue weighted by Gasteiger charge is 2.00. The van der Waals surface area contributed by atoms with Gasteiger partial charge < -0.3 is 0 Å². The Bertz CT molecular complexity index is 646. The summed E-state index contributed by atoms with van der Waals surface area (Å²) in [4.78, 5) is 4.68. The molecule has 0 saturated heterocycles. The van der Waals surface area contributed by atoms with E-state index >= 15 is 0 Å². The Hall–Kier alpha value is -1.60. The average molecular weight is 230 g/mol. The van der Waals surface area contributed by atoms with Crippen LogP contribution in [0.15, 0.2) is 48.5 Å². The fourth-order valence-electron chi connectivity index (χ4n) is 1.95. The first-order chi connectivity index (χ1) is 7.34. The van der Waals surface area contributed by atoms with Gasteiger partial charge in [-0.2, -0.15) is 0 Å². The molecule has 3 aromatic rings. The molecular weight excluding hydrogens is 218 g/mol. The Kier molecular flexibility index (Phi) is 2.80. The Morgan fingerprint density at radius 1 is 0.875 bits per heavy atom. The highest BCUT2D eigenvalue weighted by atomic mass is 35.5. The summed E-state index contributed by atoms with van der Waals surface area (Å²) >= 11 is 0. The molecule has 0 atom stereocenters. The van der Waals surface area contributed by atoms with Gasteiger partial charge in [0.15, 0.2) is 0 Å². The molecule has 0 spiro atoms. The van der Waals surface area contributed by atoms with Crippen LogP contribution in [0.2, 0.25) is 0 Å². The van der Waals surface area contributed by atoms with Crippen LogP contribution in [0.3, 0.4) is 0 Å². The van der Waals surface area contributed by atoms with Gasteiger partial charge in [-0.25, -0.2) is 4.98 Å². The number of aryl methyl sites for hydroxylation is 1. The van der Waals surface area contributed by atoms with Gasteiger partial charge >= 0.3 is 0 Å². The molecule has 80 valence electrons. The first-order valence-corrected chi connectivity index (χ1v) is 5.10. The van der Waals surface area contributed by atoms with Crippen LogP contribution in [0.4, 0.5) is 0 Å². The standard InChI is InChI=1S/C14H11N.ClH/c1-10-5-4-7-12-9-11-6-2-3-8-13(11)15-14(10)12;/h2-9H,1H3;1H. The number of halogens is 1. The number of nitrogens with zero attached hydrogens (tertiary/aromatic N) is 1. The van der Waals surface area contributed by atoms with Crippen molar-refractivity contribution in [3.8, 4) is 0 Å². The first-order valence-electron chi connectivity index (χ1n) is 5.10. The normalized spacial score (nSPS) is 10.3. The second kappa shape index (κ2) is 4.11. The quantitative estimate of drug-likeness (QED) is 0.529. The summed E-state index contributed by atoms with van der Waals surface area (Å²) in [6.45, 7) is 2.10. The maximum atomic E-state index is 4.68. The predicted octanol–water partition coefficient (Wildman–Crippen LogP) is 4.12. The minimum absolute atomic E-state index is 0. The van der Waals surface area contributed by atoms with Crippen molar-refractivity contribution >= 4 is 34.2 Å². The van der Waals surface area contributed by atoms with Crippen LogP contribution in [-0.4, -0.2) is 4.98 Å². The number of para-hydroxylation sites is 2. The fourth-order valence-corrected chi connectivity index (χ4v) is 1.95. The average Bonchev–Trinajstić information content (AvgIpc) is 2.27. The second-order valence-corrected chi connectivity index (χ2v) is 3.83.